The quantitative estimate of drug-likeness (QED) is 0.625. The van der Waals surface area contributed by atoms with Crippen molar-refractivity contribution >= 4 is 33.7 Å². The van der Waals surface area contributed by atoms with Gasteiger partial charge in [-0.1, -0.05) is 0 Å². The van der Waals surface area contributed by atoms with Crippen LogP contribution in [0.25, 0.3) is 0 Å². The van der Waals surface area contributed by atoms with Crippen LogP contribution in [-0.2, 0) is 0 Å². The van der Waals surface area contributed by atoms with Crippen LogP contribution < -0.4 is 5.30 Å². The van der Waals surface area contributed by atoms with E-state index in [0.717, 1.165) is 0 Å². The average Bonchev–Trinajstić information content (AvgIpc) is 1.86. The van der Waals surface area contributed by atoms with Gasteiger partial charge >= 0.3 is 72.4 Å². The van der Waals surface area contributed by atoms with Crippen LogP contribution in [0.3, 0.4) is 0 Å². The van der Waals surface area contributed by atoms with Gasteiger partial charge in [-0.05, 0) is 0 Å². The minimum atomic E-state index is -5.55. The molecule has 0 radical (unpaired) electrons. The molecule has 0 spiro atoms. The van der Waals surface area contributed by atoms with Gasteiger partial charge in [0.25, 0.3) is 0 Å². The van der Waals surface area contributed by atoms with E-state index in [0.29, 0.717) is 0 Å². The molecule has 62 valence electrons. The Bertz CT molecular complexity index is 245. The molecule has 1 aromatic rings. The van der Waals surface area contributed by atoms with Crippen molar-refractivity contribution in [1.29, 1.82) is 0 Å². The van der Waals surface area contributed by atoms with E-state index in [2.05, 4.69) is 0 Å². The second-order valence-corrected chi connectivity index (χ2v) is 8.10. The summed E-state index contributed by atoms with van der Waals surface area (Å²) >= 11 is 9.75. The van der Waals surface area contributed by atoms with Gasteiger partial charge in [0, 0.05) is 0 Å². The average molecular weight is 217 g/mol. The molecular formula is C6H5Cl2F2P. The third-order valence-corrected chi connectivity index (χ3v) is 3.40. The Morgan fingerprint density at radius 1 is 1.00 bits per heavy atom. The van der Waals surface area contributed by atoms with Gasteiger partial charge in [-0.25, -0.2) is 0 Å². The summed E-state index contributed by atoms with van der Waals surface area (Å²) in [6, 6.07) is 7.01. The molecule has 0 saturated carbocycles. The van der Waals surface area contributed by atoms with Gasteiger partial charge in [0.1, 0.15) is 0 Å². The third-order valence-electron chi connectivity index (χ3n) is 1.15. The molecule has 0 aliphatic heterocycles. The zero-order chi connectivity index (χ0) is 8.56. The molecule has 5 heteroatoms. The number of halogens is 4. The zero-order valence-corrected chi connectivity index (χ0v) is 7.75. The summed E-state index contributed by atoms with van der Waals surface area (Å²) in [6.07, 6.45) is 0. The van der Waals surface area contributed by atoms with E-state index in [1.807, 2.05) is 0 Å². The molecular weight excluding hydrogens is 212 g/mol. The van der Waals surface area contributed by atoms with Gasteiger partial charge in [0.05, 0.1) is 0 Å². The number of benzene rings is 1. The van der Waals surface area contributed by atoms with Crippen molar-refractivity contribution in [3.05, 3.63) is 30.3 Å². The first-order valence-electron chi connectivity index (χ1n) is 2.81. The summed E-state index contributed by atoms with van der Waals surface area (Å²) in [4.78, 5) is 0. The predicted molar refractivity (Wildman–Crippen MR) is 46.9 cm³/mol. The van der Waals surface area contributed by atoms with E-state index in [-0.39, 0.29) is 5.30 Å². The summed E-state index contributed by atoms with van der Waals surface area (Å²) < 4.78 is 25.6. The van der Waals surface area contributed by atoms with E-state index in [9.17, 15) is 8.39 Å². The summed E-state index contributed by atoms with van der Waals surface area (Å²) in [7, 11) is 0. The summed E-state index contributed by atoms with van der Waals surface area (Å²) in [6.45, 7) is 0. The fraction of sp³-hybridized carbons (Fsp3) is 0. The Kier molecular flexibility index (Phi) is 2.13. The standard InChI is InChI=1S/C6H5Cl2F2P/c7-11(8,9,10)6-4-2-1-3-5-6/h1-5H. The number of hydrogen-bond acceptors (Lipinski definition) is 0. The molecule has 11 heavy (non-hydrogen) atoms. The molecule has 0 heterocycles. The molecule has 0 N–H and O–H groups in total. The van der Waals surface area contributed by atoms with Gasteiger partial charge in [0.2, 0.25) is 0 Å². The van der Waals surface area contributed by atoms with Crippen molar-refractivity contribution in [2.75, 3.05) is 0 Å². The van der Waals surface area contributed by atoms with E-state index < -0.39 is 5.93 Å². The fourth-order valence-corrected chi connectivity index (χ4v) is 1.95. The van der Waals surface area contributed by atoms with Crippen molar-refractivity contribution in [1.82, 2.24) is 0 Å². The topological polar surface area (TPSA) is 0 Å². The van der Waals surface area contributed by atoms with Gasteiger partial charge in [-0.3, -0.25) is 0 Å². The van der Waals surface area contributed by atoms with Gasteiger partial charge in [0.15, 0.2) is 0 Å². The molecule has 0 unspecified atom stereocenters. The van der Waals surface area contributed by atoms with E-state index in [4.69, 9.17) is 22.5 Å². The SMILES string of the molecule is FP(F)(Cl)(Cl)c1ccccc1. The van der Waals surface area contributed by atoms with E-state index >= 15 is 0 Å². The second kappa shape index (κ2) is 2.55. The molecule has 0 amide bonds. The van der Waals surface area contributed by atoms with Crippen LogP contribution in [0.2, 0.25) is 0 Å². The van der Waals surface area contributed by atoms with E-state index in [1.54, 1.807) is 6.07 Å². The van der Waals surface area contributed by atoms with Crippen molar-refractivity contribution in [2.45, 2.75) is 0 Å². The van der Waals surface area contributed by atoms with Gasteiger partial charge in [-0.15, -0.1) is 0 Å². The van der Waals surface area contributed by atoms with Crippen LogP contribution in [0.5, 0.6) is 0 Å². The van der Waals surface area contributed by atoms with Crippen molar-refractivity contribution in [3.8, 4) is 0 Å². The van der Waals surface area contributed by atoms with Crippen molar-refractivity contribution < 1.29 is 8.39 Å². The molecule has 1 rings (SSSR count). The Morgan fingerprint density at radius 2 is 1.45 bits per heavy atom. The molecule has 0 aliphatic carbocycles. The summed E-state index contributed by atoms with van der Waals surface area (Å²) in [5, 5.41) is -0.290. The molecule has 0 atom stereocenters. The molecule has 0 aliphatic rings. The van der Waals surface area contributed by atoms with Crippen LogP contribution in [0.4, 0.5) is 8.39 Å². The van der Waals surface area contributed by atoms with Crippen LogP contribution in [0.1, 0.15) is 0 Å². The normalized spacial score (nSPS) is 15.5. The Balaban J connectivity index is 3.14. The fourth-order valence-electron chi connectivity index (χ4n) is 0.653. The molecule has 0 bridgehead atoms. The predicted octanol–water partition coefficient (Wildman–Crippen LogP) is 3.94. The Morgan fingerprint density at radius 3 is 1.73 bits per heavy atom. The Hall–Kier alpha value is 0.0900. The van der Waals surface area contributed by atoms with Crippen LogP contribution in [-0.4, -0.2) is 0 Å². The molecule has 0 aromatic heterocycles. The second-order valence-electron chi connectivity index (χ2n) is 2.06. The molecule has 0 saturated heterocycles. The molecule has 0 nitrogen and oxygen atoms in total. The maximum absolute atomic E-state index is 12.8. The molecule has 0 fully saturated rings. The van der Waals surface area contributed by atoms with Crippen molar-refractivity contribution in [3.63, 3.8) is 0 Å². The summed E-state index contributed by atoms with van der Waals surface area (Å²) in [5.74, 6) is -5.55. The van der Waals surface area contributed by atoms with Crippen molar-refractivity contribution in [2.24, 2.45) is 0 Å². The maximum atomic E-state index is 12.8. The minimum absolute atomic E-state index is 0.290. The first kappa shape index (κ1) is 9.18. The van der Waals surface area contributed by atoms with Gasteiger partial charge < -0.3 is 0 Å². The molecule has 1 aromatic carbocycles. The first-order valence-corrected chi connectivity index (χ1v) is 6.64. The van der Waals surface area contributed by atoms with E-state index in [1.165, 1.54) is 24.3 Å². The van der Waals surface area contributed by atoms with Crippen LogP contribution >= 0.6 is 28.4 Å². The number of rotatable bonds is 1. The van der Waals surface area contributed by atoms with Crippen LogP contribution in [0.15, 0.2) is 30.3 Å². The Labute approximate surface area is 72.9 Å². The first-order chi connectivity index (χ1) is 4.86. The number of hydrogen-bond donors (Lipinski definition) is 0. The van der Waals surface area contributed by atoms with Gasteiger partial charge in [-0.2, -0.15) is 0 Å². The monoisotopic (exact) mass is 216 g/mol. The summed E-state index contributed by atoms with van der Waals surface area (Å²) in [5.41, 5.74) is 0. The van der Waals surface area contributed by atoms with Crippen LogP contribution in [0, 0.1) is 0 Å². The third kappa shape index (κ3) is 2.55. The zero-order valence-electron chi connectivity index (χ0n) is 5.35.